The number of halogens is 5. The number of likely N-dealkylation sites (N-methyl/N-ethyl adjacent to an activating group) is 1. The van der Waals surface area contributed by atoms with E-state index in [0.29, 0.717) is 12.1 Å². The van der Waals surface area contributed by atoms with E-state index < -0.39 is 18.0 Å². The number of nitrogens with one attached hydrogen (secondary N) is 1. The molecular weight excluding hydrogens is 269 g/mol. The van der Waals surface area contributed by atoms with Crippen molar-refractivity contribution in [3.63, 3.8) is 0 Å². The SMILES string of the molecule is CNCC=Cc1ccc(OC(F)(F)C(F)(F)F)cc1. The topological polar surface area (TPSA) is 21.3 Å². The Hall–Kier alpha value is -1.63. The zero-order chi connectivity index (χ0) is 14.5. The normalized spacial score (nSPS) is 12.9. The predicted molar refractivity (Wildman–Crippen MR) is 61.0 cm³/mol. The molecule has 106 valence electrons. The number of hydrogen-bond acceptors (Lipinski definition) is 2. The summed E-state index contributed by atoms with van der Waals surface area (Å²) >= 11 is 0. The fraction of sp³-hybridized carbons (Fsp3) is 0.333. The van der Waals surface area contributed by atoms with Crippen molar-refractivity contribution in [2.45, 2.75) is 12.3 Å². The van der Waals surface area contributed by atoms with Gasteiger partial charge in [0.15, 0.2) is 0 Å². The summed E-state index contributed by atoms with van der Waals surface area (Å²) in [7, 11) is 1.75. The lowest BCUT2D eigenvalue weighted by atomic mass is 10.2. The Morgan fingerprint density at radius 1 is 1.11 bits per heavy atom. The highest BCUT2D eigenvalue weighted by Gasteiger charge is 2.61. The van der Waals surface area contributed by atoms with Crippen LogP contribution >= 0.6 is 0 Å². The smallest absolute Gasteiger partial charge is 0.426 e. The summed E-state index contributed by atoms with van der Waals surface area (Å²) in [6.07, 6.45) is -7.46. The summed E-state index contributed by atoms with van der Waals surface area (Å²) in [5.41, 5.74) is 0.665. The lowest BCUT2D eigenvalue weighted by Gasteiger charge is -2.20. The van der Waals surface area contributed by atoms with Gasteiger partial charge in [-0.25, -0.2) is 0 Å². The van der Waals surface area contributed by atoms with Gasteiger partial charge >= 0.3 is 12.3 Å². The van der Waals surface area contributed by atoms with E-state index in [1.165, 1.54) is 12.1 Å². The Bertz CT molecular complexity index is 425. The van der Waals surface area contributed by atoms with Crippen LogP contribution in [0.5, 0.6) is 5.75 Å². The second-order valence-corrected chi connectivity index (χ2v) is 3.65. The van der Waals surface area contributed by atoms with Gasteiger partial charge in [0, 0.05) is 6.54 Å². The standard InChI is InChI=1S/C12H12F5NO/c1-18-8-2-3-9-4-6-10(7-5-9)19-12(16,17)11(13,14)15/h2-7,18H,8H2,1H3. The molecule has 0 spiro atoms. The molecule has 0 aliphatic rings. The summed E-state index contributed by atoms with van der Waals surface area (Å²) in [6, 6.07) is 4.87. The summed E-state index contributed by atoms with van der Waals surface area (Å²) in [5, 5.41) is 2.86. The second-order valence-electron chi connectivity index (χ2n) is 3.65. The van der Waals surface area contributed by atoms with Crippen LogP contribution in [0.2, 0.25) is 0 Å². The van der Waals surface area contributed by atoms with Crippen molar-refractivity contribution in [3.05, 3.63) is 35.9 Å². The van der Waals surface area contributed by atoms with Gasteiger partial charge in [-0.2, -0.15) is 22.0 Å². The van der Waals surface area contributed by atoms with Crippen molar-refractivity contribution in [2.24, 2.45) is 0 Å². The van der Waals surface area contributed by atoms with Crippen molar-refractivity contribution in [1.29, 1.82) is 0 Å². The summed E-state index contributed by atoms with van der Waals surface area (Å²) in [6.45, 7) is 0.615. The Morgan fingerprint density at radius 3 is 2.16 bits per heavy atom. The lowest BCUT2D eigenvalue weighted by Crippen LogP contribution is -2.41. The van der Waals surface area contributed by atoms with E-state index in [2.05, 4.69) is 10.1 Å². The Labute approximate surface area is 106 Å². The van der Waals surface area contributed by atoms with Crippen LogP contribution in [-0.2, 0) is 0 Å². The molecule has 0 saturated heterocycles. The Balaban J connectivity index is 2.72. The van der Waals surface area contributed by atoms with E-state index in [9.17, 15) is 22.0 Å². The average molecular weight is 281 g/mol. The van der Waals surface area contributed by atoms with Crippen molar-refractivity contribution in [3.8, 4) is 5.75 Å². The van der Waals surface area contributed by atoms with Crippen LogP contribution in [-0.4, -0.2) is 25.9 Å². The molecule has 0 radical (unpaired) electrons. The third-order valence-electron chi connectivity index (χ3n) is 2.09. The zero-order valence-corrected chi connectivity index (χ0v) is 9.97. The minimum Gasteiger partial charge on any atom is -0.426 e. The molecule has 1 aromatic carbocycles. The maximum Gasteiger partial charge on any atom is 0.499 e. The number of rotatable bonds is 5. The first kappa shape index (κ1) is 15.4. The molecule has 0 fully saturated rings. The average Bonchev–Trinajstić information content (AvgIpc) is 2.30. The highest BCUT2D eigenvalue weighted by molar-refractivity contribution is 5.50. The molecule has 2 nitrogen and oxygen atoms in total. The molecule has 0 unspecified atom stereocenters. The van der Waals surface area contributed by atoms with Crippen molar-refractivity contribution < 1.29 is 26.7 Å². The molecule has 19 heavy (non-hydrogen) atoms. The van der Waals surface area contributed by atoms with Gasteiger partial charge in [0.1, 0.15) is 5.75 Å². The van der Waals surface area contributed by atoms with Crippen LogP contribution in [0, 0.1) is 0 Å². The van der Waals surface area contributed by atoms with Gasteiger partial charge < -0.3 is 10.1 Å². The molecule has 0 aliphatic heterocycles. The molecular formula is C12H12F5NO. The van der Waals surface area contributed by atoms with Gasteiger partial charge in [-0.3, -0.25) is 0 Å². The highest BCUT2D eigenvalue weighted by atomic mass is 19.4. The molecule has 7 heteroatoms. The van der Waals surface area contributed by atoms with Gasteiger partial charge in [0.05, 0.1) is 0 Å². The Morgan fingerprint density at radius 2 is 1.68 bits per heavy atom. The van der Waals surface area contributed by atoms with Crippen molar-refractivity contribution >= 4 is 6.08 Å². The van der Waals surface area contributed by atoms with Gasteiger partial charge in [-0.05, 0) is 24.7 Å². The van der Waals surface area contributed by atoms with Crippen LogP contribution in [0.1, 0.15) is 5.56 Å². The number of benzene rings is 1. The van der Waals surface area contributed by atoms with E-state index in [1.54, 1.807) is 19.2 Å². The van der Waals surface area contributed by atoms with Crippen LogP contribution in [0.4, 0.5) is 22.0 Å². The minimum atomic E-state index is -5.74. The monoisotopic (exact) mass is 281 g/mol. The lowest BCUT2D eigenvalue weighted by molar-refractivity contribution is -0.360. The van der Waals surface area contributed by atoms with E-state index in [0.717, 1.165) is 12.1 Å². The van der Waals surface area contributed by atoms with Crippen LogP contribution < -0.4 is 10.1 Å². The van der Waals surface area contributed by atoms with E-state index in [-0.39, 0.29) is 0 Å². The summed E-state index contributed by atoms with van der Waals surface area (Å²) in [4.78, 5) is 0. The number of hydrogen-bond donors (Lipinski definition) is 1. The first-order valence-electron chi connectivity index (χ1n) is 5.31. The first-order chi connectivity index (χ1) is 8.76. The van der Waals surface area contributed by atoms with Gasteiger partial charge in [-0.15, -0.1) is 0 Å². The van der Waals surface area contributed by atoms with E-state index in [1.807, 2.05) is 0 Å². The zero-order valence-electron chi connectivity index (χ0n) is 9.97. The van der Waals surface area contributed by atoms with Crippen LogP contribution in [0.25, 0.3) is 6.08 Å². The predicted octanol–water partition coefficient (Wildman–Crippen LogP) is 3.45. The van der Waals surface area contributed by atoms with Gasteiger partial charge in [-0.1, -0.05) is 24.3 Å². The summed E-state index contributed by atoms with van der Waals surface area (Å²) < 4.78 is 64.6. The molecule has 0 saturated carbocycles. The van der Waals surface area contributed by atoms with Crippen LogP contribution in [0.3, 0.4) is 0 Å². The maximum atomic E-state index is 12.6. The first-order valence-corrected chi connectivity index (χ1v) is 5.31. The molecule has 0 atom stereocenters. The molecule has 1 rings (SSSR count). The quantitative estimate of drug-likeness (QED) is 0.835. The molecule has 1 N–H and O–H groups in total. The van der Waals surface area contributed by atoms with Gasteiger partial charge in [0.25, 0.3) is 0 Å². The van der Waals surface area contributed by atoms with Crippen molar-refractivity contribution in [2.75, 3.05) is 13.6 Å². The molecule has 0 heterocycles. The Kier molecular flexibility index (Phi) is 4.88. The summed E-state index contributed by atoms with van der Waals surface area (Å²) in [5.74, 6) is -0.548. The van der Waals surface area contributed by atoms with Crippen LogP contribution in [0.15, 0.2) is 30.3 Å². The fourth-order valence-corrected chi connectivity index (χ4v) is 1.17. The third-order valence-corrected chi connectivity index (χ3v) is 2.09. The molecule has 1 aromatic rings. The second kappa shape index (κ2) is 6.01. The van der Waals surface area contributed by atoms with E-state index >= 15 is 0 Å². The third kappa shape index (κ3) is 4.51. The molecule has 0 aromatic heterocycles. The fourth-order valence-electron chi connectivity index (χ4n) is 1.17. The highest BCUT2D eigenvalue weighted by Crippen LogP contribution is 2.37. The molecule has 0 aliphatic carbocycles. The minimum absolute atomic E-state index is 0.548. The largest absolute Gasteiger partial charge is 0.499 e. The number of ether oxygens (including phenoxy) is 1. The van der Waals surface area contributed by atoms with Crippen molar-refractivity contribution in [1.82, 2.24) is 5.32 Å². The molecule has 0 amide bonds. The maximum absolute atomic E-state index is 12.6. The number of alkyl halides is 5. The van der Waals surface area contributed by atoms with E-state index in [4.69, 9.17) is 0 Å². The molecule has 0 bridgehead atoms. The van der Waals surface area contributed by atoms with Gasteiger partial charge in [0.2, 0.25) is 0 Å².